The van der Waals surface area contributed by atoms with Crippen molar-refractivity contribution >= 4 is 17.6 Å². The fourth-order valence-corrected chi connectivity index (χ4v) is 3.72. The largest absolute Gasteiger partial charge is 0.349 e. The second-order valence-corrected chi connectivity index (χ2v) is 7.54. The van der Waals surface area contributed by atoms with Crippen molar-refractivity contribution in [1.82, 2.24) is 29.8 Å². The molecule has 8 heteroatoms. The Bertz CT molecular complexity index is 1080. The first kappa shape index (κ1) is 19.0. The number of carbonyl (C=O) groups is 2. The lowest BCUT2D eigenvalue weighted by atomic mass is 10.0. The molecule has 1 fully saturated rings. The zero-order valence-corrected chi connectivity index (χ0v) is 16.8. The van der Waals surface area contributed by atoms with Gasteiger partial charge in [-0.25, -0.2) is 9.50 Å². The molecular weight excluding hydrogens is 368 g/mol. The van der Waals surface area contributed by atoms with Crippen LogP contribution >= 0.6 is 0 Å². The van der Waals surface area contributed by atoms with Gasteiger partial charge in [0.1, 0.15) is 0 Å². The molecular formula is C21H24N6O2. The summed E-state index contributed by atoms with van der Waals surface area (Å²) in [4.78, 5) is 35.7. The van der Waals surface area contributed by atoms with Gasteiger partial charge in [0.25, 0.3) is 17.6 Å². The molecule has 29 heavy (non-hydrogen) atoms. The first-order valence-corrected chi connectivity index (χ1v) is 9.79. The van der Waals surface area contributed by atoms with Crippen LogP contribution < -0.4 is 5.32 Å². The van der Waals surface area contributed by atoms with E-state index in [0.717, 1.165) is 17.0 Å². The van der Waals surface area contributed by atoms with Gasteiger partial charge in [-0.15, -0.1) is 5.10 Å². The van der Waals surface area contributed by atoms with Gasteiger partial charge in [0.2, 0.25) is 5.82 Å². The highest BCUT2D eigenvalue weighted by atomic mass is 16.2. The lowest BCUT2D eigenvalue weighted by Gasteiger charge is -2.31. The molecule has 8 nitrogen and oxygen atoms in total. The molecule has 0 aliphatic carbocycles. The average Bonchev–Trinajstić information content (AvgIpc) is 3.12. The highest BCUT2D eigenvalue weighted by Crippen LogP contribution is 2.15. The van der Waals surface area contributed by atoms with Gasteiger partial charge in [-0.3, -0.25) is 9.59 Å². The van der Waals surface area contributed by atoms with E-state index in [1.165, 1.54) is 0 Å². The van der Waals surface area contributed by atoms with Crippen LogP contribution in [0.4, 0.5) is 0 Å². The lowest BCUT2D eigenvalue weighted by molar-refractivity contribution is 0.0686. The molecule has 1 aromatic carbocycles. The number of hydrogen-bond acceptors (Lipinski definition) is 5. The summed E-state index contributed by atoms with van der Waals surface area (Å²) in [7, 11) is 0. The summed E-state index contributed by atoms with van der Waals surface area (Å²) in [5, 5.41) is 7.42. The molecule has 0 unspecified atom stereocenters. The van der Waals surface area contributed by atoms with Crippen molar-refractivity contribution in [2.24, 2.45) is 0 Å². The SMILES string of the molecule is Cc1cc(C)n2nc(C(=O)N3CCC(NC(=O)c4ccccc4C)CC3)nc2n1. The Morgan fingerprint density at radius 3 is 2.52 bits per heavy atom. The number of carbonyl (C=O) groups excluding carboxylic acids is 2. The molecule has 1 aliphatic heterocycles. The van der Waals surface area contributed by atoms with Crippen LogP contribution in [0.5, 0.6) is 0 Å². The number of rotatable bonds is 3. The average molecular weight is 392 g/mol. The zero-order valence-electron chi connectivity index (χ0n) is 16.8. The van der Waals surface area contributed by atoms with Crippen LogP contribution in [0.15, 0.2) is 30.3 Å². The number of nitrogens with zero attached hydrogens (tertiary/aromatic N) is 5. The Balaban J connectivity index is 1.39. The van der Waals surface area contributed by atoms with Gasteiger partial charge in [-0.2, -0.15) is 4.98 Å². The van der Waals surface area contributed by atoms with Gasteiger partial charge in [-0.1, -0.05) is 18.2 Å². The monoisotopic (exact) mass is 392 g/mol. The lowest BCUT2D eigenvalue weighted by Crippen LogP contribution is -2.46. The minimum atomic E-state index is -0.198. The molecule has 150 valence electrons. The number of benzene rings is 1. The molecule has 1 aliphatic rings. The predicted molar refractivity (Wildman–Crippen MR) is 108 cm³/mol. The van der Waals surface area contributed by atoms with Crippen molar-refractivity contribution in [2.45, 2.75) is 39.7 Å². The van der Waals surface area contributed by atoms with Crippen molar-refractivity contribution in [2.75, 3.05) is 13.1 Å². The van der Waals surface area contributed by atoms with E-state index in [2.05, 4.69) is 20.4 Å². The van der Waals surface area contributed by atoms with Crippen LogP contribution in [-0.2, 0) is 0 Å². The molecule has 2 aromatic heterocycles. The normalized spacial score (nSPS) is 14.9. The molecule has 3 aromatic rings. The van der Waals surface area contributed by atoms with Crippen LogP contribution in [0.1, 0.15) is 50.8 Å². The van der Waals surface area contributed by atoms with Gasteiger partial charge >= 0.3 is 0 Å². The number of fused-ring (bicyclic) bond motifs is 1. The minimum Gasteiger partial charge on any atom is -0.349 e. The van der Waals surface area contributed by atoms with Crippen LogP contribution in [0, 0.1) is 20.8 Å². The second kappa shape index (κ2) is 7.62. The highest BCUT2D eigenvalue weighted by Gasteiger charge is 2.27. The summed E-state index contributed by atoms with van der Waals surface area (Å²) in [6, 6.07) is 9.49. The summed E-state index contributed by atoms with van der Waals surface area (Å²) in [6.45, 7) is 6.83. The maximum absolute atomic E-state index is 12.8. The van der Waals surface area contributed by atoms with Crippen molar-refractivity contribution in [3.63, 3.8) is 0 Å². The van der Waals surface area contributed by atoms with Gasteiger partial charge in [0.05, 0.1) is 0 Å². The quantitative estimate of drug-likeness (QED) is 0.737. The standard InChI is InChI=1S/C21H24N6O2/c1-13-6-4-5-7-17(13)19(28)23-16-8-10-26(11-9-16)20(29)18-24-21-22-14(2)12-15(3)27(21)25-18/h4-7,12,16H,8-11H2,1-3H3,(H,23,28). The predicted octanol–water partition coefficient (Wildman–Crippen LogP) is 2.08. The number of piperidine rings is 1. The molecule has 0 saturated carbocycles. The van der Waals surface area contributed by atoms with Crippen molar-refractivity contribution in [1.29, 1.82) is 0 Å². The maximum Gasteiger partial charge on any atom is 0.293 e. The Hall–Kier alpha value is -3.29. The molecule has 2 amide bonds. The number of likely N-dealkylation sites (tertiary alicyclic amines) is 1. The Morgan fingerprint density at radius 2 is 1.79 bits per heavy atom. The molecule has 3 heterocycles. The number of amides is 2. The summed E-state index contributed by atoms with van der Waals surface area (Å²) in [5.41, 5.74) is 3.37. The van der Waals surface area contributed by atoms with Crippen molar-refractivity contribution in [3.05, 3.63) is 58.7 Å². The minimum absolute atomic E-state index is 0.0479. The Labute approximate surface area is 169 Å². The first-order chi connectivity index (χ1) is 13.9. The van der Waals surface area contributed by atoms with Crippen LogP contribution in [-0.4, -0.2) is 55.4 Å². The summed E-state index contributed by atoms with van der Waals surface area (Å²) in [5.74, 6) is 0.336. The molecule has 0 radical (unpaired) electrons. The Kier molecular flexibility index (Phi) is 5.00. The van der Waals surface area contributed by atoms with Crippen LogP contribution in [0.3, 0.4) is 0 Å². The van der Waals surface area contributed by atoms with E-state index < -0.39 is 0 Å². The molecule has 1 saturated heterocycles. The van der Waals surface area contributed by atoms with Crippen LogP contribution in [0.25, 0.3) is 5.78 Å². The van der Waals surface area contributed by atoms with Gasteiger partial charge in [-0.05, 0) is 51.3 Å². The van der Waals surface area contributed by atoms with Crippen molar-refractivity contribution < 1.29 is 9.59 Å². The summed E-state index contributed by atoms with van der Waals surface area (Å²) < 4.78 is 1.59. The number of aryl methyl sites for hydroxylation is 3. The van der Waals surface area contributed by atoms with E-state index in [1.54, 1.807) is 9.42 Å². The third-order valence-electron chi connectivity index (χ3n) is 5.32. The zero-order chi connectivity index (χ0) is 20.5. The smallest absolute Gasteiger partial charge is 0.293 e. The van der Waals surface area contributed by atoms with E-state index in [9.17, 15) is 9.59 Å². The number of hydrogen-bond donors (Lipinski definition) is 1. The second-order valence-electron chi connectivity index (χ2n) is 7.54. The third-order valence-corrected chi connectivity index (χ3v) is 5.32. The molecule has 4 rings (SSSR count). The molecule has 0 bridgehead atoms. The van der Waals surface area contributed by atoms with Gasteiger partial charge in [0.15, 0.2) is 0 Å². The van der Waals surface area contributed by atoms with Crippen molar-refractivity contribution in [3.8, 4) is 0 Å². The molecule has 0 atom stereocenters. The highest BCUT2D eigenvalue weighted by molar-refractivity contribution is 5.95. The third kappa shape index (κ3) is 3.83. The molecule has 0 spiro atoms. The topological polar surface area (TPSA) is 92.5 Å². The van der Waals surface area contributed by atoms with E-state index in [1.807, 2.05) is 51.1 Å². The van der Waals surface area contributed by atoms with E-state index in [0.29, 0.717) is 37.3 Å². The van der Waals surface area contributed by atoms with E-state index in [-0.39, 0.29) is 23.7 Å². The molecule has 1 N–H and O–H groups in total. The maximum atomic E-state index is 12.8. The van der Waals surface area contributed by atoms with E-state index >= 15 is 0 Å². The first-order valence-electron chi connectivity index (χ1n) is 9.79. The summed E-state index contributed by atoms with van der Waals surface area (Å²) in [6.07, 6.45) is 1.40. The van der Waals surface area contributed by atoms with Gasteiger partial charge in [0, 0.05) is 36.1 Å². The Morgan fingerprint density at radius 1 is 1.07 bits per heavy atom. The fourth-order valence-electron chi connectivity index (χ4n) is 3.72. The summed E-state index contributed by atoms with van der Waals surface area (Å²) >= 11 is 0. The number of aromatic nitrogens is 4. The van der Waals surface area contributed by atoms with Gasteiger partial charge < -0.3 is 10.2 Å². The fraction of sp³-hybridized carbons (Fsp3) is 0.381. The van der Waals surface area contributed by atoms with Crippen LogP contribution in [0.2, 0.25) is 0 Å². The van der Waals surface area contributed by atoms with E-state index in [4.69, 9.17) is 0 Å². The number of nitrogens with one attached hydrogen (secondary N) is 1.